The molecule has 168 valence electrons. The molecule has 33 heavy (non-hydrogen) atoms. The summed E-state index contributed by atoms with van der Waals surface area (Å²) in [5.41, 5.74) is 11.2. The van der Waals surface area contributed by atoms with Gasteiger partial charge < -0.3 is 5.73 Å². The second-order valence-electron chi connectivity index (χ2n) is 9.45. The molecule has 4 nitrogen and oxygen atoms in total. The Morgan fingerprint density at radius 2 is 1.61 bits per heavy atom. The third-order valence-corrected chi connectivity index (χ3v) is 7.03. The van der Waals surface area contributed by atoms with E-state index in [9.17, 15) is 4.79 Å². The summed E-state index contributed by atoms with van der Waals surface area (Å²) >= 11 is 0. The van der Waals surface area contributed by atoms with Gasteiger partial charge in [-0.05, 0) is 67.8 Å². The lowest BCUT2D eigenvalue weighted by atomic mass is 9.81. The average molecular weight is 438 g/mol. The van der Waals surface area contributed by atoms with Crippen LogP contribution in [0.2, 0.25) is 0 Å². The minimum absolute atomic E-state index is 0.0562. The summed E-state index contributed by atoms with van der Waals surface area (Å²) in [5.74, 6) is 1.77. The highest BCUT2D eigenvalue weighted by Gasteiger charge is 2.23. The molecule has 2 atom stereocenters. The van der Waals surface area contributed by atoms with Crippen LogP contribution in [-0.4, -0.2) is 16.1 Å². The Hall–Kier alpha value is -3.24. The average Bonchev–Trinajstić information content (AvgIpc) is 2.87. The molecule has 1 heterocycles. The summed E-state index contributed by atoms with van der Waals surface area (Å²) < 4.78 is 1.92. The third-order valence-electron chi connectivity index (χ3n) is 7.03. The SMILES string of the molecule is Cc1ccc2nc(-c3ccc(-c4ccccc4)cc3)n(CC3CCCC(CN)C3)c(=O)c2c1. The van der Waals surface area contributed by atoms with Crippen molar-refractivity contribution in [2.75, 3.05) is 6.54 Å². The summed E-state index contributed by atoms with van der Waals surface area (Å²) in [6.07, 6.45) is 4.61. The van der Waals surface area contributed by atoms with E-state index in [1.54, 1.807) is 0 Å². The normalized spacial score (nSPS) is 18.5. The van der Waals surface area contributed by atoms with Crippen LogP contribution in [-0.2, 0) is 6.54 Å². The predicted molar refractivity (Wildman–Crippen MR) is 136 cm³/mol. The fourth-order valence-electron chi connectivity index (χ4n) is 5.21. The Bertz CT molecular complexity index is 1310. The summed E-state index contributed by atoms with van der Waals surface area (Å²) in [7, 11) is 0. The van der Waals surface area contributed by atoms with Crippen molar-refractivity contribution in [3.63, 3.8) is 0 Å². The molecule has 2 N–H and O–H groups in total. The number of rotatable bonds is 5. The molecule has 4 aromatic rings. The molecule has 0 aliphatic heterocycles. The fraction of sp³-hybridized carbons (Fsp3) is 0.310. The van der Waals surface area contributed by atoms with Gasteiger partial charge in [0.1, 0.15) is 5.82 Å². The molecule has 0 bridgehead atoms. The van der Waals surface area contributed by atoms with Crippen LogP contribution >= 0.6 is 0 Å². The first kappa shape index (κ1) is 21.6. The van der Waals surface area contributed by atoms with E-state index in [-0.39, 0.29) is 5.56 Å². The molecule has 1 aromatic heterocycles. The molecule has 0 radical (unpaired) electrons. The molecule has 1 aliphatic carbocycles. The number of hydrogen-bond donors (Lipinski definition) is 1. The van der Waals surface area contributed by atoms with Crippen LogP contribution in [0.15, 0.2) is 77.6 Å². The van der Waals surface area contributed by atoms with Gasteiger partial charge in [0.15, 0.2) is 0 Å². The molecule has 4 heteroatoms. The molecule has 0 saturated heterocycles. The van der Waals surface area contributed by atoms with Crippen molar-refractivity contribution in [2.45, 2.75) is 39.2 Å². The van der Waals surface area contributed by atoms with Gasteiger partial charge in [-0.15, -0.1) is 0 Å². The maximum Gasteiger partial charge on any atom is 0.261 e. The van der Waals surface area contributed by atoms with E-state index in [2.05, 4.69) is 36.4 Å². The van der Waals surface area contributed by atoms with E-state index in [0.717, 1.165) is 47.4 Å². The van der Waals surface area contributed by atoms with Crippen LogP contribution in [0.3, 0.4) is 0 Å². The zero-order valence-corrected chi connectivity index (χ0v) is 19.2. The molecular weight excluding hydrogens is 406 g/mol. The minimum Gasteiger partial charge on any atom is -0.330 e. The van der Waals surface area contributed by atoms with Crippen LogP contribution in [0.5, 0.6) is 0 Å². The highest BCUT2D eigenvalue weighted by molar-refractivity contribution is 5.80. The zero-order chi connectivity index (χ0) is 22.8. The topological polar surface area (TPSA) is 60.9 Å². The Labute approximate surface area is 195 Å². The van der Waals surface area contributed by atoms with E-state index in [1.165, 1.54) is 18.4 Å². The van der Waals surface area contributed by atoms with Crippen molar-refractivity contribution in [2.24, 2.45) is 17.6 Å². The first-order valence-electron chi connectivity index (χ1n) is 12.0. The number of aromatic nitrogens is 2. The molecular formula is C29H31N3O. The minimum atomic E-state index is 0.0562. The van der Waals surface area contributed by atoms with E-state index < -0.39 is 0 Å². The number of hydrogen-bond acceptors (Lipinski definition) is 3. The number of nitrogens with two attached hydrogens (primary N) is 1. The fourth-order valence-corrected chi connectivity index (χ4v) is 5.21. The molecule has 2 unspecified atom stereocenters. The summed E-state index contributed by atoms with van der Waals surface area (Å²) in [4.78, 5) is 18.7. The van der Waals surface area contributed by atoms with Crippen molar-refractivity contribution in [3.05, 3.63) is 88.7 Å². The first-order valence-corrected chi connectivity index (χ1v) is 12.0. The number of benzene rings is 3. The van der Waals surface area contributed by atoms with Gasteiger partial charge in [-0.1, -0.05) is 72.6 Å². The van der Waals surface area contributed by atoms with Gasteiger partial charge in [0, 0.05) is 12.1 Å². The highest BCUT2D eigenvalue weighted by Crippen LogP contribution is 2.31. The van der Waals surface area contributed by atoms with E-state index in [0.29, 0.717) is 23.8 Å². The van der Waals surface area contributed by atoms with Crippen LogP contribution in [0.25, 0.3) is 33.4 Å². The lowest BCUT2D eigenvalue weighted by Crippen LogP contribution is -2.30. The van der Waals surface area contributed by atoms with Gasteiger partial charge in [0.2, 0.25) is 0 Å². The van der Waals surface area contributed by atoms with Crippen molar-refractivity contribution in [3.8, 4) is 22.5 Å². The number of fused-ring (bicyclic) bond motifs is 1. The van der Waals surface area contributed by atoms with Gasteiger partial charge in [-0.3, -0.25) is 9.36 Å². The second kappa shape index (κ2) is 9.32. The van der Waals surface area contributed by atoms with Crippen molar-refractivity contribution in [1.82, 2.24) is 9.55 Å². The van der Waals surface area contributed by atoms with Crippen molar-refractivity contribution in [1.29, 1.82) is 0 Å². The quantitative estimate of drug-likeness (QED) is 0.429. The van der Waals surface area contributed by atoms with Crippen molar-refractivity contribution < 1.29 is 0 Å². The van der Waals surface area contributed by atoms with E-state index in [1.807, 2.05) is 47.9 Å². The van der Waals surface area contributed by atoms with Gasteiger partial charge in [-0.25, -0.2) is 4.98 Å². The Kier molecular flexibility index (Phi) is 6.10. The Morgan fingerprint density at radius 3 is 2.36 bits per heavy atom. The maximum atomic E-state index is 13.7. The van der Waals surface area contributed by atoms with Crippen LogP contribution < -0.4 is 11.3 Å². The summed E-state index contributed by atoms with van der Waals surface area (Å²) in [5, 5.41) is 0.700. The second-order valence-corrected chi connectivity index (χ2v) is 9.45. The van der Waals surface area contributed by atoms with E-state index >= 15 is 0 Å². The van der Waals surface area contributed by atoms with Gasteiger partial charge in [0.25, 0.3) is 5.56 Å². The van der Waals surface area contributed by atoms with E-state index in [4.69, 9.17) is 10.7 Å². The highest BCUT2D eigenvalue weighted by atomic mass is 16.1. The van der Waals surface area contributed by atoms with Crippen LogP contribution in [0.4, 0.5) is 0 Å². The molecule has 0 spiro atoms. The Balaban J connectivity index is 1.59. The van der Waals surface area contributed by atoms with Gasteiger partial charge in [-0.2, -0.15) is 0 Å². The summed E-state index contributed by atoms with van der Waals surface area (Å²) in [6, 6.07) is 24.7. The van der Waals surface area contributed by atoms with Crippen LogP contribution in [0.1, 0.15) is 31.2 Å². The molecule has 1 fully saturated rings. The summed E-state index contributed by atoms with van der Waals surface area (Å²) in [6.45, 7) is 3.45. The zero-order valence-electron chi connectivity index (χ0n) is 19.2. The largest absolute Gasteiger partial charge is 0.330 e. The monoisotopic (exact) mass is 437 g/mol. The van der Waals surface area contributed by atoms with Gasteiger partial charge >= 0.3 is 0 Å². The molecule has 5 rings (SSSR count). The number of aryl methyl sites for hydroxylation is 1. The molecule has 1 saturated carbocycles. The van der Waals surface area contributed by atoms with Crippen molar-refractivity contribution >= 4 is 10.9 Å². The maximum absolute atomic E-state index is 13.7. The Morgan fingerprint density at radius 1 is 0.909 bits per heavy atom. The molecule has 3 aromatic carbocycles. The smallest absolute Gasteiger partial charge is 0.261 e. The van der Waals surface area contributed by atoms with Crippen LogP contribution in [0, 0.1) is 18.8 Å². The van der Waals surface area contributed by atoms with Gasteiger partial charge in [0.05, 0.1) is 10.9 Å². The molecule has 1 aliphatic rings. The third kappa shape index (κ3) is 4.49. The molecule has 0 amide bonds. The predicted octanol–water partition coefficient (Wildman–Crippen LogP) is 5.80. The lowest BCUT2D eigenvalue weighted by Gasteiger charge is -2.29. The number of nitrogens with zero attached hydrogens (tertiary/aromatic N) is 2. The standard InChI is InChI=1S/C29H31N3O/c1-20-10-15-27-26(16-20)29(33)32(19-22-7-5-6-21(17-22)18-30)28(31-27)25-13-11-24(12-14-25)23-8-3-2-4-9-23/h2-4,8-16,21-22H,5-7,17-19,30H2,1H3. The first-order chi connectivity index (χ1) is 16.1. The lowest BCUT2D eigenvalue weighted by molar-refractivity contribution is 0.246.